The van der Waals surface area contributed by atoms with Crippen LogP contribution in [0.5, 0.6) is 0 Å². The Balaban J connectivity index is 1.40. The summed E-state index contributed by atoms with van der Waals surface area (Å²) in [7, 11) is 0. The zero-order valence-electron chi connectivity index (χ0n) is 17.8. The molecule has 10 heteroatoms. The summed E-state index contributed by atoms with van der Waals surface area (Å²) in [4.78, 5) is 44.0. The van der Waals surface area contributed by atoms with Crippen molar-refractivity contribution in [3.8, 4) is 6.07 Å². The van der Waals surface area contributed by atoms with Gasteiger partial charge < -0.3 is 15.1 Å². The van der Waals surface area contributed by atoms with Crippen molar-refractivity contribution in [3.05, 3.63) is 56.5 Å². The maximum atomic E-state index is 13.4. The lowest BCUT2D eigenvalue weighted by Crippen LogP contribution is -2.55. The van der Waals surface area contributed by atoms with Gasteiger partial charge in [-0.3, -0.25) is 4.79 Å². The number of halogens is 2. The first kappa shape index (κ1) is 21.7. The number of anilines is 2. The zero-order valence-corrected chi connectivity index (χ0v) is 20.1. The molecule has 0 saturated carbocycles. The van der Waals surface area contributed by atoms with Gasteiger partial charge in [0, 0.05) is 16.7 Å². The number of urea groups is 2. The molecule has 0 aromatic heterocycles. The zero-order chi connectivity index (χ0) is 23.6. The van der Waals surface area contributed by atoms with Gasteiger partial charge in [0.15, 0.2) is 0 Å². The van der Waals surface area contributed by atoms with Crippen LogP contribution in [-0.4, -0.2) is 52.4 Å². The highest BCUT2D eigenvalue weighted by Crippen LogP contribution is 2.43. The number of imide groups is 1. The van der Waals surface area contributed by atoms with Gasteiger partial charge in [-0.25, -0.2) is 14.5 Å². The van der Waals surface area contributed by atoms with E-state index in [1.165, 1.54) is 6.07 Å². The van der Waals surface area contributed by atoms with E-state index in [-0.39, 0.29) is 28.6 Å². The second-order valence-corrected chi connectivity index (χ2v) is 9.73. The third-order valence-electron chi connectivity index (χ3n) is 6.65. The fourth-order valence-electron chi connectivity index (χ4n) is 5.03. The third-order valence-corrected chi connectivity index (χ3v) is 8.03. The Labute approximate surface area is 203 Å². The molecule has 5 rings (SSSR count). The summed E-state index contributed by atoms with van der Waals surface area (Å²) in [5, 5.41) is 12.3. The summed E-state index contributed by atoms with van der Waals surface area (Å²) in [6.07, 6.45) is 0.565. The van der Waals surface area contributed by atoms with Gasteiger partial charge in [0.2, 0.25) is 0 Å². The Morgan fingerprint density at radius 3 is 2.70 bits per heavy atom. The average molecular weight is 529 g/mol. The van der Waals surface area contributed by atoms with Crippen molar-refractivity contribution in [2.24, 2.45) is 0 Å². The summed E-state index contributed by atoms with van der Waals surface area (Å²) in [5.41, 5.74) is 2.79. The number of rotatable bonds is 2. The van der Waals surface area contributed by atoms with Crippen LogP contribution in [0.15, 0.2) is 34.8 Å². The number of nitrogens with zero attached hydrogens (tertiary/aromatic N) is 4. The molecule has 33 heavy (non-hydrogen) atoms. The number of hydrogen-bond donors (Lipinski definition) is 1. The number of nitriles is 1. The predicted octanol–water partition coefficient (Wildman–Crippen LogP) is 4.42. The SMILES string of the molecule is Cc1cc(NC(=O)N2CC3CC2C2C(=O)N(c4ccc(C#N)c(Cl)c4C)C(=O)N32)ccc1Br. The van der Waals surface area contributed by atoms with E-state index >= 15 is 0 Å². The van der Waals surface area contributed by atoms with Gasteiger partial charge in [-0.15, -0.1) is 0 Å². The van der Waals surface area contributed by atoms with Gasteiger partial charge in [-0.1, -0.05) is 27.5 Å². The molecule has 8 nitrogen and oxygen atoms in total. The quantitative estimate of drug-likeness (QED) is 0.584. The Morgan fingerprint density at radius 1 is 1.24 bits per heavy atom. The molecule has 2 bridgehead atoms. The molecule has 5 amide bonds. The van der Waals surface area contributed by atoms with Crippen LogP contribution in [0.25, 0.3) is 0 Å². The van der Waals surface area contributed by atoms with Gasteiger partial charge in [0.05, 0.1) is 28.4 Å². The number of benzene rings is 2. The second kappa shape index (κ2) is 7.75. The molecule has 3 atom stereocenters. The molecule has 2 aromatic rings. The largest absolute Gasteiger partial charge is 0.332 e. The number of amides is 5. The number of hydrogen-bond acceptors (Lipinski definition) is 4. The number of fused-ring (bicyclic) bond motifs is 5. The monoisotopic (exact) mass is 527 g/mol. The molecular formula is C23H19BrClN5O3. The van der Waals surface area contributed by atoms with Gasteiger partial charge in [0.25, 0.3) is 5.91 Å². The first-order valence-corrected chi connectivity index (χ1v) is 11.6. The summed E-state index contributed by atoms with van der Waals surface area (Å²) >= 11 is 9.72. The lowest BCUT2D eigenvalue weighted by molar-refractivity contribution is -0.120. The van der Waals surface area contributed by atoms with Crippen molar-refractivity contribution in [1.82, 2.24) is 9.80 Å². The molecule has 1 N–H and O–H groups in total. The Kier molecular flexibility index (Phi) is 5.10. The number of carbonyl (C=O) groups excluding carboxylic acids is 3. The molecule has 3 heterocycles. The Hall–Kier alpha value is -3.09. The number of carbonyl (C=O) groups is 3. The summed E-state index contributed by atoms with van der Waals surface area (Å²) < 4.78 is 0.949. The highest BCUT2D eigenvalue weighted by atomic mass is 79.9. The molecule has 0 aliphatic carbocycles. The molecule has 3 aliphatic rings. The highest BCUT2D eigenvalue weighted by Gasteiger charge is 2.63. The minimum absolute atomic E-state index is 0.219. The van der Waals surface area contributed by atoms with Crippen molar-refractivity contribution >= 4 is 56.9 Å². The standard InChI is InChI=1S/C23H19BrClN5O3/c1-11-7-14(4-5-16(11)24)27-22(32)28-10-15-8-18(28)20-21(31)30(23(33)29(15)20)17-6-3-13(9-26)19(25)12(17)2/h3-7,15,18,20H,8,10H2,1-2H3,(H,27,32). The van der Waals surface area contributed by atoms with E-state index in [0.717, 1.165) is 14.9 Å². The van der Waals surface area contributed by atoms with E-state index in [1.54, 1.807) is 28.9 Å². The van der Waals surface area contributed by atoms with Gasteiger partial charge in [-0.05, 0) is 61.7 Å². The van der Waals surface area contributed by atoms with Crippen molar-refractivity contribution in [1.29, 1.82) is 5.26 Å². The molecule has 3 unspecified atom stereocenters. The van der Waals surface area contributed by atoms with Crippen molar-refractivity contribution in [2.75, 3.05) is 16.8 Å². The van der Waals surface area contributed by atoms with Crippen LogP contribution in [0.3, 0.4) is 0 Å². The molecule has 0 radical (unpaired) electrons. The van der Waals surface area contributed by atoms with E-state index < -0.39 is 18.1 Å². The number of piperazine rings is 1. The number of likely N-dealkylation sites (tertiary alicyclic amines) is 1. The summed E-state index contributed by atoms with van der Waals surface area (Å²) in [5.74, 6) is -0.381. The maximum absolute atomic E-state index is 13.4. The Morgan fingerprint density at radius 2 is 2.00 bits per heavy atom. The highest BCUT2D eigenvalue weighted by molar-refractivity contribution is 9.10. The van der Waals surface area contributed by atoms with Crippen LogP contribution in [0.4, 0.5) is 21.0 Å². The smallest absolute Gasteiger partial charge is 0.317 e. The summed E-state index contributed by atoms with van der Waals surface area (Å²) in [6, 6.07) is 8.54. The predicted molar refractivity (Wildman–Crippen MR) is 126 cm³/mol. The Bertz CT molecular complexity index is 1280. The lowest BCUT2D eigenvalue weighted by atomic mass is 10.1. The van der Waals surface area contributed by atoms with Crippen LogP contribution < -0.4 is 10.2 Å². The molecular weight excluding hydrogens is 510 g/mol. The minimum Gasteiger partial charge on any atom is -0.317 e. The van der Waals surface area contributed by atoms with Crippen LogP contribution in [0.2, 0.25) is 5.02 Å². The van der Waals surface area contributed by atoms with Gasteiger partial charge in [-0.2, -0.15) is 5.26 Å². The van der Waals surface area contributed by atoms with Gasteiger partial charge in [0.1, 0.15) is 12.1 Å². The third kappa shape index (κ3) is 3.20. The second-order valence-electron chi connectivity index (χ2n) is 8.49. The van der Waals surface area contributed by atoms with E-state index in [1.807, 2.05) is 25.1 Å². The number of aryl methyl sites for hydroxylation is 1. The lowest BCUT2D eigenvalue weighted by Gasteiger charge is -2.34. The van der Waals surface area contributed by atoms with E-state index in [0.29, 0.717) is 29.9 Å². The van der Waals surface area contributed by atoms with E-state index in [4.69, 9.17) is 11.6 Å². The van der Waals surface area contributed by atoms with Crippen molar-refractivity contribution < 1.29 is 14.4 Å². The fraction of sp³-hybridized carbons (Fsp3) is 0.304. The molecule has 3 saturated heterocycles. The van der Waals surface area contributed by atoms with E-state index in [2.05, 4.69) is 21.2 Å². The first-order valence-electron chi connectivity index (χ1n) is 10.4. The van der Waals surface area contributed by atoms with Crippen molar-refractivity contribution in [3.63, 3.8) is 0 Å². The summed E-state index contributed by atoms with van der Waals surface area (Å²) in [6.45, 7) is 3.98. The normalized spacial score (nSPS) is 23.2. The molecule has 2 aromatic carbocycles. The van der Waals surface area contributed by atoms with Crippen LogP contribution >= 0.6 is 27.5 Å². The molecule has 3 aliphatic heterocycles. The van der Waals surface area contributed by atoms with Crippen LogP contribution in [0, 0.1) is 25.2 Å². The molecule has 168 valence electrons. The van der Waals surface area contributed by atoms with Crippen molar-refractivity contribution in [2.45, 2.75) is 38.4 Å². The topological polar surface area (TPSA) is 96.7 Å². The van der Waals surface area contributed by atoms with Crippen LogP contribution in [-0.2, 0) is 4.79 Å². The van der Waals surface area contributed by atoms with Crippen LogP contribution in [0.1, 0.15) is 23.1 Å². The fourth-order valence-corrected chi connectivity index (χ4v) is 5.48. The first-order chi connectivity index (χ1) is 15.7. The number of nitrogens with one attached hydrogen (secondary N) is 1. The van der Waals surface area contributed by atoms with Gasteiger partial charge >= 0.3 is 12.1 Å². The maximum Gasteiger partial charge on any atom is 0.332 e. The molecule has 0 spiro atoms. The van der Waals surface area contributed by atoms with E-state index in [9.17, 15) is 19.6 Å². The molecule has 3 fully saturated rings. The average Bonchev–Trinajstić information content (AvgIpc) is 3.45. The minimum atomic E-state index is -0.734.